The summed E-state index contributed by atoms with van der Waals surface area (Å²) in [5.74, 6) is 1.83. The van der Waals surface area contributed by atoms with Crippen LogP contribution in [0.1, 0.15) is 38.5 Å². The first-order valence-electron chi connectivity index (χ1n) is 8.88. The third-order valence-corrected chi connectivity index (χ3v) is 6.06. The number of likely N-dealkylation sites (tertiary alicyclic amines) is 1. The van der Waals surface area contributed by atoms with E-state index in [4.69, 9.17) is 4.74 Å². The lowest BCUT2D eigenvalue weighted by molar-refractivity contribution is -0.151. The molecule has 4 aliphatic rings. The number of hydrogen-bond acceptors (Lipinski definition) is 3. The Labute approximate surface area is 132 Å². The molecule has 3 atom stereocenters. The van der Waals surface area contributed by atoms with Crippen LogP contribution in [0.25, 0.3) is 0 Å². The number of amides is 2. The molecule has 0 aromatic rings. The minimum Gasteiger partial charge on any atom is -0.381 e. The van der Waals surface area contributed by atoms with Gasteiger partial charge in [0.1, 0.15) is 0 Å². The van der Waals surface area contributed by atoms with E-state index in [1.165, 1.54) is 6.42 Å². The maximum Gasteiger partial charge on any atom is 0.225 e. The summed E-state index contributed by atoms with van der Waals surface area (Å²) in [4.78, 5) is 29.2. The van der Waals surface area contributed by atoms with Crippen molar-refractivity contribution in [2.75, 3.05) is 32.8 Å². The number of hydrogen-bond donors (Lipinski definition) is 0. The molecule has 0 aliphatic carbocycles. The van der Waals surface area contributed by atoms with Gasteiger partial charge < -0.3 is 14.5 Å². The molecule has 0 aromatic carbocycles. The highest BCUT2D eigenvalue weighted by atomic mass is 16.5. The number of ether oxygens (including phenoxy) is 1. The summed E-state index contributed by atoms with van der Waals surface area (Å²) >= 11 is 0. The molecule has 0 aromatic heterocycles. The Morgan fingerprint density at radius 1 is 1.09 bits per heavy atom. The van der Waals surface area contributed by atoms with Gasteiger partial charge in [-0.2, -0.15) is 0 Å². The molecule has 22 heavy (non-hydrogen) atoms. The highest BCUT2D eigenvalue weighted by molar-refractivity contribution is 5.79. The minimum absolute atomic E-state index is 0.164. The van der Waals surface area contributed by atoms with Crippen LogP contribution in [0, 0.1) is 17.8 Å². The largest absolute Gasteiger partial charge is 0.381 e. The van der Waals surface area contributed by atoms with Crippen molar-refractivity contribution in [1.29, 1.82) is 0 Å². The summed E-state index contributed by atoms with van der Waals surface area (Å²) in [6, 6.07) is 0.391. The van der Waals surface area contributed by atoms with E-state index in [9.17, 15) is 9.59 Å². The predicted molar refractivity (Wildman–Crippen MR) is 81.1 cm³/mol. The van der Waals surface area contributed by atoms with Crippen molar-refractivity contribution in [2.45, 2.75) is 44.6 Å². The second kappa shape index (κ2) is 5.84. The van der Waals surface area contributed by atoms with E-state index in [2.05, 4.69) is 9.80 Å². The fraction of sp³-hybridized carbons (Fsp3) is 0.882. The first-order chi connectivity index (χ1) is 10.7. The third kappa shape index (κ3) is 2.53. The molecule has 2 bridgehead atoms. The standard InChI is InChI=1S/C17H26N2O3/c20-16-3-1-2-15-14-8-12(10-19(15)16)9-18(11-14)17(21)13-4-6-22-7-5-13/h12-15H,1-11H2/t12-,14-,15-/m1/s1. The van der Waals surface area contributed by atoms with Gasteiger partial charge in [-0.25, -0.2) is 0 Å². The molecule has 0 radical (unpaired) electrons. The minimum atomic E-state index is 0.164. The topological polar surface area (TPSA) is 49.9 Å². The number of nitrogens with zero attached hydrogens (tertiary/aromatic N) is 2. The SMILES string of the molecule is O=C(C1CCOCC1)N1C[C@H]2C[C@H](C1)[C@H]1CCCC(=O)N1C2. The van der Waals surface area contributed by atoms with E-state index in [0.29, 0.717) is 29.7 Å². The van der Waals surface area contributed by atoms with E-state index in [0.717, 1.165) is 65.0 Å². The molecule has 0 unspecified atom stereocenters. The van der Waals surface area contributed by atoms with Crippen LogP contribution in [0.3, 0.4) is 0 Å². The highest BCUT2D eigenvalue weighted by Crippen LogP contribution is 2.38. The van der Waals surface area contributed by atoms with Gasteiger partial charge in [-0.1, -0.05) is 0 Å². The Morgan fingerprint density at radius 3 is 2.73 bits per heavy atom. The molecule has 5 heteroatoms. The van der Waals surface area contributed by atoms with Crippen LogP contribution in [0.4, 0.5) is 0 Å². The monoisotopic (exact) mass is 306 g/mol. The van der Waals surface area contributed by atoms with E-state index in [1.54, 1.807) is 0 Å². The molecule has 4 rings (SSSR count). The lowest BCUT2D eigenvalue weighted by atomic mass is 9.75. The summed E-state index contributed by atoms with van der Waals surface area (Å²) in [7, 11) is 0. The van der Waals surface area contributed by atoms with Gasteiger partial charge in [0.2, 0.25) is 11.8 Å². The zero-order valence-corrected chi connectivity index (χ0v) is 13.2. The molecule has 122 valence electrons. The summed E-state index contributed by atoms with van der Waals surface area (Å²) < 4.78 is 5.38. The third-order valence-electron chi connectivity index (χ3n) is 6.06. The molecule has 2 amide bonds. The lowest BCUT2D eigenvalue weighted by Crippen LogP contribution is -2.61. The second-order valence-electron chi connectivity index (χ2n) is 7.50. The molecule has 0 saturated carbocycles. The van der Waals surface area contributed by atoms with Crippen molar-refractivity contribution in [3.8, 4) is 0 Å². The molecule has 0 N–H and O–H groups in total. The summed E-state index contributed by atoms with van der Waals surface area (Å²) in [5, 5.41) is 0. The van der Waals surface area contributed by atoms with E-state index in [-0.39, 0.29) is 5.92 Å². The number of carbonyl (C=O) groups is 2. The zero-order chi connectivity index (χ0) is 15.1. The van der Waals surface area contributed by atoms with Gasteiger partial charge in [0, 0.05) is 51.2 Å². The average Bonchev–Trinajstić information content (AvgIpc) is 2.56. The molecular weight excluding hydrogens is 280 g/mol. The number of fused-ring (bicyclic) bond motifs is 4. The summed E-state index contributed by atoms with van der Waals surface area (Å²) in [6.07, 6.45) is 5.82. The maximum absolute atomic E-state index is 12.8. The van der Waals surface area contributed by atoms with Crippen molar-refractivity contribution < 1.29 is 14.3 Å². The van der Waals surface area contributed by atoms with Gasteiger partial charge in [-0.3, -0.25) is 9.59 Å². The number of carbonyl (C=O) groups excluding carboxylic acids is 2. The first-order valence-corrected chi connectivity index (χ1v) is 8.88. The Hall–Kier alpha value is -1.10. The molecule has 4 aliphatic heterocycles. The molecule has 5 nitrogen and oxygen atoms in total. The van der Waals surface area contributed by atoms with E-state index < -0.39 is 0 Å². The van der Waals surface area contributed by atoms with Crippen LogP contribution < -0.4 is 0 Å². The van der Waals surface area contributed by atoms with Crippen LogP contribution in [0.2, 0.25) is 0 Å². The molecular formula is C17H26N2O3. The van der Waals surface area contributed by atoms with Crippen molar-refractivity contribution in [1.82, 2.24) is 9.80 Å². The van der Waals surface area contributed by atoms with Crippen molar-refractivity contribution in [3.05, 3.63) is 0 Å². The normalized spacial score (nSPS) is 36.2. The van der Waals surface area contributed by atoms with Crippen LogP contribution in [0.15, 0.2) is 0 Å². The van der Waals surface area contributed by atoms with E-state index >= 15 is 0 Å². The molecule has 4 fully saturated rings. The van der Waals surface area contributed by atoms with Crippen LogP contribution >= 0.6 is 0 Å². The lowest BCUT2D eigenvalue weighted by Gasteiger charge is -2.52. The maximum atomic E-state index is 12.8. The summed E-state index contributed by atoms with van der Waals surface area (Å²) in [6.45, 7) is 4.03. The van der Waals surface area contributed by atoms with Gasteiger partial charge in [0.25, 0.3) is 0 Å². The molecule has 0 spiro atoms. The number of rotatable bonds is 1. The molecule has 4 heterocycles. The van der Waals surface area contributed by atoms with Crippen LogP contribution in [-0.4, -0.2) is 60.5 Å². The summed E-state index contributed by atoms with van der Waals surface area (Å²) in [5.41, 5.74) is 0. The van der Waals surface area contributed by atoms with Crippen molar-refractivity contribution in [3.63, 3.8) is 0 Å². The predicted octanol–water partition coefficient (Wildman–Crippen LogP) is 1.27. The molecule has 4 saturated heterocycles. The highest BCUT2D eigenvalue weighted by Gasteiger charge is 2.45. The van der Waals surface area contributed by atoms with E-state index in [1.807, 2.05) is 0 Å². The fourth-order valence-electron chi connectivity index (χ4n) is 4.99. The van der Waals surface area contributed by atoms with Gasteiger partial charge in [0.15, 0.2) is 0 Å². The first kappa shape index (κ1) is 14.5. The smallest absolute Gasteiger partial charge is 0.225 e. The second-order valence-corrected chi connectivity index (χ2v) is 7.50. The fourth-order valence-corrected chi connectivity index (χ4v) is 4.99. The van der Waals surface area contributed by atoms with Crippen LogP contribution in [-0.2, 0) is 14.3 Å². The Morgan fingerprint density at radius 2 is 1.91 bits per heavy atom. The van der Waals surface area contributed by atoms with Gasteiger partial charge in [-0.15, -0.1) is 0 Å². The van der Waals surface area contributed by atoms with Gasteiger partial charge >= 0.3 is 0 Å². The van der Waals surface area contributed by atoms with Crippen molar-refractivity contribution >= 4 is 11.8 Å². The van der Waals surface area contributed by atoms with Gasteiger partial charge in [-0.05, 0) is 43.9 Å². The Balaban J connectivity index is 1.45. The Kier molecular flexibility index (Phi) is 3.84. The van der Waals surface area contributed by atoms with Crippen molar-refractivity contribution in [2.24, 2.45) is 17.8 Å². The van der Waals surface area contributed by atoms with Crippen LogP contribution in [0.5, 0.6) is 0 Å². The quantitative estimate of drug-likeness (QED) is 0.733. The zero-order valence-electron chi connectivity index (χ0n) is 13.2. The Bertz CT molecular complexity index is 461. The average molecular weight is 306 g/mol. The van der Waals surface area contributed by atoms with Gasteiger partial charge in [0.05, 0.1) is 0 Å². The number of piperidine rings is 3.